The summed E-state index contributed by atoms with van der Waals surface area (Å²) < 4.78 is 1.07. The molecule has 3 N–H and O–H groups in total. The lowest BCUT2D eigenvalue weighted by molar-refractivity contribution is 0.100. The molecule has 0 unspecified atom stereocenters. The Bertz CT molecular complexity index is 1450. The number of anilines is 1. The van der Waals surface area contributed by atoms with Gasteiger partial charge < -0.3 is 10.2 Å². The van der Waals surface area contributed by atoms with Crippen LogP contribution >= 0.6 is 0 Å². The molecule has 1 amide bonds. The highest BCUT2D eigenvalue weighted by Crippen LogP contribution is 2.25. The number of aromatic hydroxyl groups is 2. The Morgan fingerprint density at radius 1 is 0.706 bits per heavy atom. The Morgan fingerprint density at radius 3 is 2.03 bits per heavy atom. The number of aromatic nitrogens is 1. The van der Waals surface area contributed by atoms with E-state index in [9.17, 15) is 15.0 Å². The highest BCUT2D eigenvalue weighted by Gasteiger charge is 2.19. The van der Waals surface area contributed by atoms with Crippen molar-refractivity contribution in [3.63, 3.8) is 0 Å². The number of hydrogen-bond donors (Lipinski definition) is 3. The summed E-state index contributed by atoms with van der Waals surface area (Å²) in [4.78, 5) is 22.3. The van der Waals surface area contributed by atoms with E-state index in [1.54, 1.807) is 30.3 Å². The lowest BCUT2D eigenvalue weighted by atomic mass is 9.93. The van der Waals surface area contributed by atoms with Crippen LogP contribution in [0.25, 0.3) is 0 Å². The number of carbonyl (C=O) groups is 1. The van der Waals surface area contributed by atoms with Gasteiger partial charge in [-0.25, -0.2) is 9.98 Å². The maximum absolute atomic E-state index is 13.2. The zero-order valence-electron chi connectivity index (χ0n) is 18.0. The molecule has 166 valence electrons. The van der Waals surface area contributed by atoms with Gasteiger partial charge in [-0.1, -0.05) is 54.6 Å². The van der Waals surface area contributed by atoms with Crippen molar-refractivity contribution in [2.45, 2.75) is 0 Å². The summed E-state index contributed by atoms with van der Waals surface area (Å²) in [6.45, 7) is 0. The monoisotopic (exact) mass is 448 g/mol. The van der Waals surface area contributed by atoms with Crippen LogP contribution < -0.4 is 5.43 Å². The molecule has 4 aromatic rings. The van der Waals surface area contributed by atoms with E-state index in [-0.39, 0.29) is 17.3 Å². The number of aliphatic imine (C=N–C) groups is 2. The molecule has 7 heteroatoms. The molecule has 5 rings (SSSR count). The number of hydrogen-bond acceptors (Lipinski definition) is 5. The van der Waals surface area contributed by atoms with Crippen LogP contribution in [-0.4, -0.2) is 32.2 Å². The Morgan fingerprint density at radius 2 is 1.29 bits per heavy atom. The number of benzene rings is 3. The number of para-hydroxylation sites is 2. The maximum Gasteiger partial charge on any atom is 0.279 e. The molecule has 34 heavy (non-hydrogen) atoms. The van der Waals surface area contributed by atoms with Crippen molar-refractivity contribution in [3.8, 4) is 11.8 Å². The van der Waals surface area contributed by atoms with E-state index in [0.29, 0.717) is 11.4 Å². The van der Waals surface area contributed by atoms with Crippen molar-refractivity contribution in [3.05, 3.63) is 120 Å². The molecule has 1 heterocycles. The van der Waals surface area contributed by atoms with Gasteiger partial charge in [-0.05, 0) is 36.4 Å². The molecule has 0 fully saturated rings. The Labute approximate surface area is 195 Å². The highest BCUT2D eigenvalue weighted by atomic mass is 16.3. The second-order valence-electron chi connectivity index (χ2n) is 7.56. The molecule has 0 bridgehead atoms. The van der Waals surface area contributed by atoms with Crippen LogP contribution in [0.3, 0.4) is 0 Å². The Hall–Kier alpha value is -4.91. The van der Waals surface area contributed by atoms with Gasteiger partial charge in [0.25, 0.3) is 5.91 Å². The summed E-state index contributed by atoms with van der Waals surface area (Å²) in [5, 5.41) is 19.9. The summed E-state index contributed by atoms with van der Waals surface area (Å²) >= 11 is 0. The number of fused-ring (bicyclic) bond motifs is 1. The molecule has 0 spiro atoms. The molecule has 1 aromatic heterocycles. The smallest absolute Gasteiger partial charge is 0.279 e. The fraction of sp³-hybridized carbons (Fsp3) is 0. The molecule has 0 saturated heterocycles. The molecule has 1 aliphatic carbocycles. The standard InChI is InChI=1S/C27H20N4O3/c32-25-16-17-26(33)31(25)30-24-13-7-6-12-21(24)27(34)29-23-15-14-22(19-10-4-5-11-20(19)23)28-18-8-2-1-3-9-18/h1-17,30,32-33H. The minimum absolute atomic E-state index is 0.194. The van der Waals surface area contributed by atoms with E-state index in [0.717, 1.165) is 27.2 Å². The fourth-order valence-electron chi connectivity index (χ4n) is 3.69. The second kappa shape index (κ2) is 8.91. The minimum Gasteiger partial charge on any atom is -0.493 e. The van der Waals surface area contributed by atoms with Crippen molar-refractivity contribution in [2.24, 2.45) is 9.98 Å². The van der Waals surface area contributed by atoms with Gasteiger partial charge in [0.1, 0.15) is 0 Å². The predicted molar refractivity (Wildman–Crippen MR) is 132 cm³/mol. The van der Waals surface area contributed by atoms with Crippen LogP contribution in [0.2, 0.25) is 0 Å². The van der Waals surface area contributed by atoms with Crippen molar-refractivity contribution in [2.75, 3.05) is 5.43 Å². The molecule has 0 aliphatic heterocycles. The van der Waals surface area contributed by atoms with Crippen LogP contribution in [0.15, 0.2) is 113 Å². The van der Waals surface area contributed by atoms with Gasteiger partial charge in [0.05, 0.1) is 28.4 Å². The molecule has 0 saturated carbocycles. The number of rotatable bonds is 4. The van der Waals surface area contributed by atoms with Crippen molar-refractivity contribution in [1.82, 2.24) is 4.68 Å². The normalized spacial score (nSPS) is 14.8. The van der Waals surface area contributed by atoms with Crippen LogP contribution in [0, 0.1) is 0 Å². The van der Waals surface area contributed by atoms with Crippen LogP contribution in [0.5, 0.6) is 11.8 Å². The van der Waals surface area contributed by atoms with Gasteiger partial charge >= 0.3 is 0 Å². The Balaban J connectivity index is 1.50. The van der Waals surface area contributed by atoms with Crippen LogP contribution in [-0.2, 0) is 0 Å². The van der Waals surface area contributed by atoms with Crippen molar-refractivity contribution >= 4 is 28.7 Å². The van der Waals surface area contributed by atoms with E-state index in [1.807, 2.05) is 60.7 Å². The maximum atomic E-state index is 13.2. The lowest BCUT2D eigenvalue weighted by Gasteiger charge is -2.16. The zero-order chi connectivity index (χ0) is 23.5. The third-order valence-corrected chi connectivity index (χ3v) is 5.34. The van der Waals surface area contributed by atoms with E-state index in [2.05, 4.69) is 10.4 Å². The number of amides is 1. The van der Waals surface area contributed by atoms with E-state index < -0.39 is 5.91 Å². The first-order valence-corrected chi connectivity index (χ1v) is 10.6. The van der Waals surface area contributed by atoms with Gasteiger partial charge in [0.2, 0.25) is 11.8 Å². The molecule has 0 atom stereocenters. The summed E-state index contributed by atoms with van der Waals surface area (Å²) in [5.41, 5.74) is 7.36. The van der Waals surface area contributed by atoms with Crippen LogP contribution in [0.1, 0.15) is 21.5 Å². The molecule has 3 aromatic carbocycles. The minimum atomic E-state index is -0.466. The first-order chi connectivity index (χ1) is 16.6. The zero-order valence-corrected chi connectivity index (χ0v) is 18.0. The number of nitrogens with zero attached hydrogens (tertiary/aromatic N) is 3. The molecule has 7 nitrogen and oxygen atoms in total. The topological polar surface area (TPSA) is 99.2 Å². The molecule has 0 radical (unpaired) electrons. The third kappa shape index (κ3) is 4.10. The predicted octanol–water partition coefficient (Wildman–Crippen LogP) is 5.09. The summed E-state index contributed by atoms with van der Waals surface area (Å²) in [5.74, 6) is -0.854. The number of nitrogens with one attached hydrogen (secondary N) is 1. The van der Waals surface area contributed by atoms with Gasteiger partial charge in [-0.3, -0.25) is 10.2 Å². The fourth-order valence-corrected chi connectivity index (χ4v) is 3.69. The second-order valence-corrected chi connectivity index (χ2v) is 7.56. The van der Waals surface area contributed by atoms with Gasteiger partial charge in [-0.2, -0.15) is 4.68 Å². The first-order valence-electron chi connectivity index (χ1n) is 10.6. The van der Waals surface area contributed by atoms with Gasteiger partial charge in [-0.15, -0.1) is 0 Å². The van der Waals surface area contributed by atoms with E-state index in [4.69, 9.17) is 4.99 Å². The van der Waals surface area contributed by atoms with Crippen molar-refractivity contribution < 1.29 is 15.0 Å². The average molecular weight is 448 g/mol. The molecular formula is C27H20N4O3. The SMILES string of the molecule is O=C(N=C1C=CC(=Nc2ccccc2)c2ccccc21)c1ccccc1Nn1c(O)ccc1O. The lowest BCUT2D eigenvalue weighted by Crippen LogP contribution is -2.15. The molecule has 1 aliphatic rings. The third-order valence-electron chi connectivity index (χ3n) is 5.34. The van der Waals surface area contributed by atoms with E-state index in [1.165, 1.54) is 12.1 Å². The highest BCUT2D eigenvalue weighted by molar-refractivity contribution is 6.28. The summed E-state index contributed by atoms with van der Waals surface area (Å²) in [6, 6.07) is 26.8. The van der Waals surface area contributed by atoms with E-state index >= 15 is 0 Å². The number of allylic oxidation sites excluding steroid dienone is 2. The quantitative estimate of drug-likeness (QED) is 0.405. The van der Waals surface area contributed by atoms with Crippen LogP contribution in [0.4, 0.5) is 11.4 Å². The Kier molecular flexibility index (Phi) is 5.50. The van der Waals surface area contributed by atoms with Crippen molar-refractivity contribution in [1.29, 1.82) is 0 Å². The number of carbonyl (C=O) groups excluding carboxylic acids is 1. The summed E-state index contributed by atoms with van der Waals surface area (Å²) in [6.07, 6.45) is 3.63. The first kappa shape index (κ1) is 21.0. The summed E-state index contributed by atoms with van der Waals surface area (Å²) in [7, 11) is 0. The molecular weight excluding hydrogens is 428 g/mol. The van der Waals surface area contributed by atoms with Gasteiger partial charge in [0, 0.05) is 23.3 Å². The average Bonchev–Trinajstić information content (AvgIpc) is 3.18. The largest absolute Gasteiger partial charge is 0.493 e. The van der Waals surface area contributed by atoms with Gasteiger partial charge in [0.15, 0.2) is 0 Å².